The van der Waals surface area contributed by atoms with Crippen LogP contribution in [0.15, 0.2) is 90.2 Å². The SMILES string of the molecule is COc1ccc(C(=O)NN=Cc2cn(-c3ccccc3)nc2-c2ccc(OC)cc2)cc1. The molecular formula is C25H22N4O3. The second-order valence-corrected chi connectivity index (χ2v) is 6.87. The molecule has 0 atom stereocenters. The van der Waals surface area contributed by atoms with Gasteiger partial charge in [-0.2, -0.15) is 10.2 Å². The molecule has 1 aromatic heterocycles. The number of carbonyl (C=O) groups is 1. The molecule has 0 unspecified atom stereocenters. The fourth-order valence-electron chi connectivity index (χ4n) is 3.14. The lowest BCUT2D eigenvalue weighted by atomic mass is 10.1. The van der Waals surface area contributed by atoms with Crippen LogP contribution in [-0.2, 0) is 0 Å². The van der Waals surface area contributed by atoms with E-state index in [0.717, 1.165) is 28.3 Å². The largest absolute Gasteiger partial charge is 0.497 e. The van der Waals surface area contributed by atoms with Gasteiger partial charge in [0.05, 0.1) is 26.1 Å². The van der Waals surface area contributed by atoms with E-state index in [1.165, 1.54) is 0 Å². The predicted molar refractivity (Wildman–Crippen MR) is 124 cm³/mol. The molecule has 0 aliphatic carbocycles. The highest BCUT2D eigenvalue weighted by Gasteiger charge is 2.12. The van der Waals surface area contributed by atoms with E-state index in [9.17, 15) is 4.79 Å². The molecule has 4 aromatic rings. The first-order chi connectivity index (χ1) is 15.7. The van der Waals surface area contributed by atoms with Gasteiger partial charge in [-0.3, -0.25) is 4.79 Å². The van der Waals surface area contributed by atoms with Gasteiger partial charge in [-0.1, -0.05) is 18.2 Å². The molecular weight excluding hydrogens is 404 g/mol. The highest BCUT2D eigenvalue weighted by molar-refractivity contribution is 5.95. The normalized spacial score (nSPS) is 10.8. The van der Waals surface area contributed by atoms with Crippen molar-refractivity contribution in [2.75, 3.05) is 14.2 Å². The lowest BCUT2D eigenvalue weighted by Crippen LogP contribution is -2.17. The van der Waals surface area contributed by atoms with Gasteiger partial charge in [0.2, 0.25) is 0 Å². The van der Waals surface area contributed by atoms with Crippen LogP contribution in [0.3, 0.4) is 0 Å². The number of carbonyl (C=O) groups excluding carboxylic acids is 1. The number of methoxy groups -OCH3 is 2. The molecule has 1 N–H and O–H groups in total. The third kappa shape index (κ3) is 4.67. The Kier molecular flexibility index (Phi) is 6.27. The van der Waals surface area contributed by atoms with E-state index >= 15 is 0 Å². The Morgan fingerprint density at radius 3 is 2.16 bits per heavy atom. The first-order valence-electron chi connectivity index (χ1n) is 9.95. The van der Waals surface area contributed by atoms with Crippen molar-refractivity contribution in [2.45, 2.75) is 0 Å². The van der Waals surface area contributed by atoms with Gasteiger partial charge in [-0.25, -0.2) is 10.1 Å². The van der Waals surface area contributed by atoms with Crippen LogP contribution >= 0.6 is 0 Å². The summed E-state index contributed by atoms with van der Waals surface area (Å²) in [5, 5.41) is 8.89. The summed E-state index contributed by atoms with van der Waals surface area (Å²) in [4.78, 5) is 12.4. The van der Waals surface area contributed by atoms with Gasteiger partial charge < -0.3 is 9.47 Å². The van der Waals surface area contributed by atoms with E-state index in [0.29, 0.717) is 11.3 Å². The molecule has 0 aliphatic heterocycles. The molecule has 32 heavy (non-hydrogen) atoms. The first-order valence-corrected chi connectivity index (χ1v) is 9.95. The van der Waals surface area contributed by atoms with Gasteiger partial charge in [-0.15, -0.1) is 0 Å². The molecule has 0 aliphatic rings. The number of nitrogens with zero attached hydrogens (tertiary/aromatic N) is 3. The molecule has 7 nitrogen and oxygen atoms in total. The zero-order valence-electron chi connectivity index (χ0n) is 17.7. The Bertz CT molecular complexity index is 1210. The third-order valence-corrected chi connectivity index (χ3v) is 4.85. The van der Waals surface area contributed by atoms with Crippen molar-refractivity contribution in [3.63, 3.8) is 0 Å². The fourth-order valence-corrected chi connectivity index (χ4v) is 3.14. The smallest absolute Gasteiger partial charge is 0.271 e. The Labute approximate surface area is 185 Å². The van der Waals surface area contributed by atoms with Crippen molar-refractivity contribution >= 4 is 12.1 Å². The maximum absolute atomic E-state index is 12.4. The number of nitrogens with one attached hydrogen (secondary N) is 1. The van der Waals surface area contributed by atoms with E-state index in [-0.39, 0.29) is 5.91 Å². The lowest BCUT2D eigenvalue weighted by Gasteiger charge is -2.03. The third-order valence-electron chi connectivity index (χ3n) is 4.85. The zero-order chi connectivity index (χ0) is 22.3. The van der Waals surface area contributed by atoms with Crippen molar-refractivity contribution in [1.82, 2.24) is 15.2 Å². The van der Waals surface area contributed by atoms with Crippen LogP contribution in [0.1, 0.15) is 15.9 Å². The van der Waals surface area contributed by atoms with Crippen LogP contribution in [-0.4, -0.2) is 36.1 Å². The molecule has 7 heteroatoms. The van der Waals surface area contributed by atoms with Crippen LogP contribution in [0, 0.1) is 0 Å². The minimum Gasteiger partial charge on any atom is -0.497 e. The Hall–Kier alpha value is -4.39. The molecule has 0 spiro atoms. The number of amides is 1. The topological polar surface area (TPSA) is 77.7 Å². The molecule has 1 amide bonds. The molecule has 0 saturated heterocycles. The van der Waals surface area contributed by atoms with Crippen LogP contribution < -0.4 is 14.9 Å². The van der Waals surface area contributed by atoms with Gasteiger partial charge >= 0.3 is 0 Å². The van der Waals surface area contributed by atoms with Crippen molar-refractivity contribution < 1.29 is 14.3 Å². The summed E-state index contributed by atoms with van der Waals surface area (Å²) in [6.07, 6.45) is 3.46. The maximum Gasteiger partial charge on any atom is 0.271 e. The summed E-state index contributed by atoms with van der Waals surface area (Å²) in [6.45, 7) is 0. The van der Waals surface area contributed by atoms with Gasteiger partial charge in [0.15, 0.2) is 0 Å². The molecule has 3 aromatic carbocycles. The quantitative estimate of drug-likeness (QED) is 0.353. The molecule has 1 heterocycles. The highest BCUT2D eigenvalue weighted by Crippen LogP contribution is 2.25. The lowest BCUT2D eigenvalue weighted by molar-refractivity contribution is 0.0955. The molecule has 0 radical (unpaired) electrons. The monoisotopic (exact) mass is 426 g/mol. The fraction of sp³-hybridized carbons (Fsp3) is 0.0800. The number of benzene rings is 3. The number of para-hydroxylation sites is 1. The molecule has 4 rings (SSSR count). The second-order valence-electron chi connectivity index (χ2n) is 6.87. The summed E-state index contributed by atoms with van der Waals surface area (Å²) < 4.78 is 12.2. The van der Waals surface area contributed by atoms with Gasteiger partial charge in [0, 0.05) is 22.9 Å². The van der Waals surface area contributed by atoms with Crippen LogP contribution in [0.25, 0.3) is 16.9 Å². The number of aromatic nitrogens is 2. The second kappa shape index (κ2) is 9.61. The molecule has 0 saturated carbocycles. The summed E-state index contributed by atoms with van der Waals surface area (Å²) in [6, 6.07) is 24.2. The zero-order valence-corrected chi connectivity index (χ0v) is 17.7. The number of hydrogen-bond donors (Lipinski definition) is 1. The maximum atomic E-state index is 12.4. The van der Waals surface area contributed by atoms with Crippen LogP contribution in [0.5, 0.6) is 11.5 Å². The van der Waals surface area contributed by atoms with E-state index in [4.69, 9.17) is 14.6 Å². The summed E-state index contributed by atoms with van der Waals surface area (Å²) >= 11 is 0. The van der Waals surface area contributed by atoms with E-state index in [1.54, 1.807) is 49.4 Å². The number of hydrazone groups is 1. The minimum absolute atomic E-state index is 0.314. The minimum atomic E-state index is -0.314. The summed E-state index contributed by atoms with van der Waals surface area (Å²) in [5.74, 6) is 1.13. The van der Waals surface area contributed by atoms with E-state index < -0.39 is 0 Å². The highest BCUT2D eigenvalue weighted by atomic mass is 16.5. The average Bonchev–Trinajstić information content (AvgIpc) is 3.29. The molecule has 0 bridgehead atoms. The average molecular weight is 426 g/mol. The van der Waals surface area contributed by atoms with Crippen molar-refractivity contribution in [1.29, 1.82) is 0 Å². The van der Waals surface area contributed by atoms with Gasteiger partial charge in [0.25, 0.3) is 5.91 Å². The number of hydrogen-bond acceptors (Lipinski definition) is 5. The predicted octanol–water partition coefficient (Wildman–Crippen LogP) is 4.32. The van der Waals surface area contributed by atoms with E-state index in [1.807, 2.05) is 60.8 Å². The van der Waals surface area contributed by atoms with Crippen LogP contribution in [0.4, 0.5) is 0 Å². The standard InChI is InChI=1S/C25H22N4O3/c1-31-22-12-8-18(9-13-22)24-20(17-29(28-24)21-6-4-3-5-7-21)16-26-27-25(30)19-10-14-23(32-2)15-11-19/h3-17H,1-2H3,(H,27,30). The van der Waals surface area contributed by atoms with Crippen LogP contribution in [0.2, 0.25) is 0 Å². The molecule has 160 valence electrons. The Morgan fingerprint density at radius 1 is 0.906 bits per heavy atom. The number of ether oxygens (including phenoxy) is 2. The van der Waals surface area contributed by atoms with Crippen molar-refractivity contribution in [3.8, 4) is 28.4 Å². The van der Waals surface area contributed by atoms with Crippen molar-refractivity contribution in [3.05, 3.63) is 96.2 Å². The first kappa shape index (κ1) is 20.9. The van der Waals surface area contributed by atoms with Crippen molar-refractivity contribution in [2.24, 2.45) is 5.10 Å². The Balaban J connectivity index is 1.60. The van der Waals surface area contributed by atoms with Gasteiger partial charge in [0.1, 0.15) is 17.2 Å². The van der Waals surface area contributed by atoms with Gasteiger partial charge in [-0.05, 0) is 60.7 Å². The van der Waals surface area contributed by atoms with E-state index in [2.05, 4.69) is 10.5 Å². The number of rotatable bonds is 7. The summed E-state index contributed by atoms with van der Waals surface area (Å²) in [5.41, 5.74) is 6.37. The molecule has 0 fully saturated rings. The Morgan fingerprint density at radius 2 is 1.53 bits per heavy atom. The summed E-state index contributed by atoms with van der Waals surface area (Å²) in [7, 11) is 3.21.